The number of carboxylic acid groups (broad SMARTS) is 1. The lowest BCUT2D eigenvalue weighted by atomic mass is 9.89. The molecule has 1 saturated carbocycles. The van der Waals surface area contributed by atoms with Crippen LogP contribution in [0.2, 0.25) is 0 Å². The minimum Gasteiger partial charge on any atom is -0.479 e. The maximum Gasteiger partial charge on any atom is 0.329 e. The van der Waals surface area contributed by atoms with E-state index in [9.17, 15) is 9.90 Å². The summed E-state index contributed by atoms with van der Waals surface area (Å²) in [6.07, 6.45) is 10.1. The summed E-state index contributed by atoms with van der Waals surface area (Å²) in [7, 11) is 0. The number of carboxylic acids is 1. The van der Waals surface area contributed by atoms with Crippen LogP contribution in [0.15, 0.2) is 12.4 Å². The zero-order valence-electron chi connectivity index (χ0n) is 10.4. The van der Waals surface area contributed by atoms with E-state index in [0.29, 0.717) is 0 Å². The third kappa shape index (κ3) is 2.08. The molecule has 0 aromatic carbocycles. The van der Waals surface area contributed by atoms with Crippen molar-refractivity contribution in [3.05, 3.63) is 18.2 Å². The molecule has 1 heterocycles. The molecule has 1 aliphatic rings. The fourth-order valence-electron chi connectivity index (χ4n) is 2.86. The zero-order chi connectivity index (χ0) is 12.3. The fraction of sp³-hybridized carbons (Fsp3) is 0.692. The fourth-order valence-corrected chi connectivity index (χ4v) is 2.86. The Bertz CT molecular complexity index is 390. The SMILES string of the molecule is CCc1nccn1C1(C(=O)O)CCCCCC1. The minimum absolute atomic E-state index is 0.702. The van der Waals surface area contributed by atoms with E-state index in [-0.39, 0.29) is 0 Å². The van der Waals surface area contributed by atoms with E-state index in [0.717, 1.165) is 50.8 Å². The van der Waals surface area contributed by atoms with Crippen LogP contribution in [-0.2, 0) is 16.8 Å². The third-order valence-corrected chi connectivity index (χ3v) is 3.82. The van der Waals surface area contributed by atoms with Crippen LogP contribution in [0.1, 0.15) is 51.3 Å². The van der Waals surface area contributed by atoms with Gasteiger partial charge in [-0.25, -0.2) is 9.78 Å². The Morgan fingerprint density at radius 1 is 1.41 bits per heavy atom. The summed E-state index contributed by atoms with van der Waals surface area (Å²) in [6.45, 7) is 2.02. The predicted molar refractivity (Wildman–Crippen MR) is 64.9 cm³/mol. The molecule has 0 unspecified atom stereocenters. The molecule has 0 bridgehead atoms. The lowest BCUT2D eigenvalue weighted by Crippen LogP contribution is -2.42. The Morgan fingerprint density at radius 2 is 2.06 bits per heavy atom. The quantitative estimate of drug-likeness (QED) is 0.821. The summed E-state index contributed by atoms with van der Waals surface area (Å²) in [5, 5.41) is 9.66. The van der Waals surface area contributed by atoms with Crippen LogP contribution in [0.5, 0.6) is 0 Å². The van der Waals surface area contributed by atoms with Gasteiger partial charge in [0, 0.05) is 18.8 Å². The molecule has 17 heavy (non-hydrogen) atoms. The van der Waals surface area contributed by atoms with Crippen LogP contribution >= 0.6 is 0 Å². The number of imidazole rings is 1. The van der Waals surface area contributed by atoms with Crippen LogP contribution in [0.3, 0.4) is 0 Å². The second kappa shape index (κ2) is 4.90. The minimum atomic E-state index is -0.752. The van der Waals surface area contributed by atoms with Gasteiger partial charge in [0.2, 0.25) is 0 Å². The Morgan fingerprint density at radius 3 is 2.59 bits per heavy atom. The van der Waals surface area contributed by atoms with E-state index < -0.39 is 11.5 Å². The average molecular weight is 236 g/mol. The van der Waals surface area contributed by atoms with E-state index in [1.165, 1.54) is 0 Å². The summed E-state index contributed by atoms with van der Waals surface area (Å²) in [5.74, 6) is 0.182. The van der Waals surface area contributed by atoms with E-state index in [1.807, 2.05) is 17.7 Å². The van der Waals surface area contributed by atoms with Gasteiger partial charge < -0.3 is 9.67 Å². The maximum absolute atomic E-state index is 11.7. The number of aromatic nitrogens is 2. The molecule has 94 valence electrons. The van der Waals surface area contributed by atoms with Crippen molar-refractivity contribution in [2.24, 2.45) is 0 Å². The van der Waals surface area contributed by atoms with Crippen molar-refractivity contribution >= 4 is 5.97 Å². The first kappa shape index (κ1) is 12.1. The number of nitrogens with zero attached hydrogens (tertiary/aromatic N) is 2. The van der Waals surface area contributed by atoms with Gasteiger partial charge in [0.15, 0.2) is 0 Å². The van der Waals surface area contributed by atoms with Crippen LogP contribution in [0.25, 0.3) is 0 Å². The molecule has 1 fully saturated rings. The highest BCUT2D eigenvalue weighted by molar-refractivity contribution is 5.77. The molecule has 1 N–H and O–H groups in total. The second-order valence-corrected chi connectivity index (χ2v) is 4.82. The lowest BCUT2D eigenvalue weighted by molar-refractivity contribution is -0.148. The molecular formula is C13H20N2O2. The highest BCUT2D eigenvalue weighted by atomic mass is 16.4. The highest BCUT2D eigenvalue weighted by Crippen LogP contribution is 2.35. The Hall–Kier alpha value is -1.32. The molecule has 4 nitrogen and oxygen atoms in total. The van der Waals surface area contributed by atoms with E-state index in [2.05, 4.69) is 4.98 Å². The Balaban J connectivity index is 2.42. The molecule has 4 heteroatoms. The van der Waals surface area contributed by atoms with Crippen molar-refractivity contribution in [2.75, 3.05) is 0 Å². The normalized spacial score (nSPS) is 19.8. The molecule has 1 aliphatic carbocycles. The van der Waals surface area contributed by atoms with Crippen LogP contribution in [-0.4, -0.2) is 20.6 Å². The van der Waals surface area contributed by atoms with E-state index in [1.54, 1.807) is 6.20 Å². The van der Waals surface area contributed by atoms with Gasteiger partial charge in [-0.05, 0) is 12.8 Å². The van der Waals surface area contributed by atoms with Gasteiger partial charge in [0.25, 0.3) is 0 Å². The summed E-state index contributed by atoms with van der Waals surface area (Å²) in [4.78, 5) is 16.0. The van der Waals surface area contributed by atoms with Gasteiger partial charge in [-0.15, -0.1) is 0 Å². The average Bonchev–Trinajstić information content (AvgIpc) is 2.66. The standard InChI is InChI=1S/C13H20N2O2/c1-2-11-14-9-10-15(11)13(12(16)17)7-5-3-4-6-8-13/h9-10H,2-8H2,1H3,(H,16,17). The van der Waals surface area contributed by atoms with Crippen LogP contribution in [0.4, 0.5) is 0 Å². The van der Waals surface area contributed by atoms with E-state index >= 15 is 0 Å². The molecule has 1 aromatic rings. The summed E-state index contributed by atoms with van der Waals surface area (Å²) < 4.78 is 1.90. The monoisotopic (exact) mass is 236 g/mol. The lowest BCUT2D eigenvalue weighted by Gasteiger charge is -2.31. The third-order valence-electron chi connectivity index (χ3n) is 3.82. The molecule has 0 atom stereocenters. The predicted octanol–water partition coefficient (Wildman–Crippen LogP) is 2.58. The first-order valence-electron chi connectivity index (χ1n) is 6.47. The molecular weight excluding hydrogens is 216 g/mol. The van der Waals surface area contributed by atoms with Crippen molar-refractivity contribution in [2.45, 2.75) is 57.4 Å². The first-order chi connectivity index (χ1) is 8.20. The number of hydrogen-bond acceptors (Lipinski definition) is 2. The summed E-state index contributed by atoms with van der Waals surface area (Å²) in [5.41, 5.74) is -0.752. The summed E-state index contributed by atoms with van der Waals surface area (Å²) in [6, 6.07) is 0. The van der Waals surface area contributed by atoms with Gasteiger partial charge in [-0.1, -0.05) is 32.6 Å². The number of aliphatic carboxylic acids is 1. The molecule has 1 aromatic heterocycles. The molecule has 0 aliphatic heterocycles. The van der Waals surface area contributed by atoms with Crippen molar-refractivity contribution in [1.82, 2.24) is 9.55 Å². The van der Waals surface area contributed by atoms with Crippen LogP contribution < -0.4 is 0 Å². The maximum atomic E-state index is 11.7. The number of aryl methyl sites for hydroxylation is 1. The second-order valence-electron chi connectivity index (χ2n) is 4.82. The van der Waals surface area contributed by atoms with Gasteiger partial charge in [-0.3, -0.25) is 0 Å². The number of carbonyl (C=O) groups is 1. The smallest absolute Gasteiger partial charge is 0.329 e. The van der Waals surface area contributed by atoms with Gasteiger partial charge in [0.05, 0.1) is 0 Å². The largest absolute Gasteiger partial charge is 0.479 e. The number of rotatable bonds is 3. The molecule has 0 saturated heterocycles. The van der Waals surface area contributed by atoms with Crippen LogP contribution in [0, 0.1) is 0 Å². The van der Waals surface area contributed by atoms with E-state index in [4.69, 9.17) is 0 Å². The summed E-state index contributed by atoms with van der Waals surface area (Å²) >= 11 is 0. The molecule has 0 amide bonds. The molecule has 0 radical (unpaired) electrons. The molecule has 2 rings (SSSR count). The highest BCUT2D eigenvalue weighted by Gasteiger charge is 2.41. The van der Waals surface area contributed by atoms with Gasteiger partial charge in [-0.2, -0.15) is 0 Å². The van der Waals surface area contributed by atoms with Gasteiger partial charge >= 0.3 is 5.97 Å². The van der Waals surface area contributed by atoms with Crippen molar-refractivity contribution in [3.8, 4) is 0 Å². The van der Waals surface area contributed by atoms with Crippen molar-refractivity contribution in [3.63, 3.8) is 0 Å². The number of hydrogen-bond donors (Lipinski definition) is 1. The Kier molecular flexibility index (Phi) is 3.50. The van der Waals surface area contributed by atoms with Gasteiger partial charge in [0.1, 0.15) is 11.4 Å². The molecule has 0 spiro atoms. The zero-order valence-corrected chi connectivity index (χ0v) is 10.4. The Labute approximate surface area is 102 Å². The topological polar surface area (TPSA) is 55.1 Å². The van der Waals surface area contributed by atoms with Crippen molar-refractivity contribution < 1.29 is 9.90 Å². The first-order valence-corrected chi connectivity index (χ1v) is 6.47. The van der Waals surface area contributed by atoms with Crippen molar-refractivity contribution in [1.29, 1.82) is 0 Å².